The lowest BCUT2D eigenvalue weighted by atomic mass is 9.88. The van der Waals surface area contributed by atoms with Crippen molar-refractivity contribution in [2.45, 2.75) is 63.8 Å². The van der Waals surface area contributed by atoms with Crippen LogP contribution in [0.3, 0.4) is 0 Å². The van der Waals surface area contributed by atoms with E-state index in [-0.39, 0.29) is 11.9 Å². The van der Waals surface area contributed by atoms with Crippen LogP contribution >= 0.6 is 0 Å². The van der Waals surface area contributed by atoms with Gasteiger partial charge in [-0.15, -0.1) is 6.58 Å². The summed E-state index contributed by atoms with van der Waals surface area (Å²) >= 11 is 0. The lowest BCUT2D eigenvalue weighted by Gasteiger charge is -2.35. The molecule has 1 heterocycles. The summed E-state index contributed by atoms with van der Waals surface area (Å²) in [6.07, 6.45) is 11.6. The van der Waals surface area contributed by atoms with E-state index in [1.54, 1.807) is 14.2 Å². The number of allylic oxidation sites excluding steroid dienone is 1. The molecule has 1 aliphatic heterocycles. The van der Waals surface area contributed by atoms with Gasteiger partial charge in [-0.3, -0.25) is 9.69 Å². The molecule has 1 unspecified atom stereocenters. The number of rotatable bonds is 13. The van der Waals surface area contributed by atoms with Gasteiger partial charge in [-0.2, -0.15) is 0 Å². The van der Waals surface area contributed by atoms with E-state index in [9.17, 15) is 4.79 Å². The zero-order valence-electron chi connectivity index (χ0n) is 21.1. The number of likely N-dealkylation sites (N-methyl/N-ethyl adjacent to an activating group) is 1. The van der Waals surface area contributed by atoms with Gasteiger partial charge in [-0.1, -0.05) is 43.9 Å². The topological polar surface area (TPSA) is 50.8 Å². The minimum absolute atomic E-state index is 0.0939. The number of carbonyl (C=O) groups is 1. The van der Waals surface area contributed by atoms with Gasteiger partial charge in [0.15, 0.2) is 11.5 Å². The number of hydrogen-bond acceptors (Lipinski definition) is 4. The van der Waals surface area contributed by atoms with Gasteiger partial charge in [-0.25, -0.2) is 0 Å². The Kier molecular flexibility index (Phi) is 10.0. The monoisotopic (exact) mass is 464 g/mol. The molecule has 5 heteroatoms. The number of nitrogens with zero attached hydrogens (tertiary/aromatic N) is 1. The van der Waals surface area contributed by atoms with E-state index in [4.69, 9.17) is 9.47 Å². The minimum atomic E-state index is 0.0939. The highest BCUT2D eigenvalue weighted by Crippen LogP contribution is 2.40. The molecule has 0 bridgehead atoms. The Morgan fingerprint density at radius 1 is 1.03 bits per heavy atom. The number of carbonyl (C=O) groups excluding carboxylic acids is 1. The Bertz CT molecular complexity index is 939. The summed E-state index contributed by atoms with van der Waals surface area (Å²) in [6, 6.07) is 12.6. The van der Waals surface area contributed by atoms with Crippen molar-refractivity contribution in [2.75, 3.05) is 33.1 Å². The molecule has 1 atom stereocenters. The summed E-state index contributed by atoms with van der Waals surface area (Å²) in [4.78, 5) is 14.7. The summed E-state index contributed by atoms with van der Waals surface area (Å²) < 4.78 is 11.1. The lowest BCUT2D eigenvalue weighted by molar-refractivity contribution is -0.116. The van der Waals surface area contributed by atoms with E-state index >= 15 is 0 Å². The second-order valence-electron chi connectivity index (χ2n) is 9.16. The highest BCUT2D eigenvalue weighted by molar-refractivity contribution is 5.90. The van der Waals surface area contributed by atoms with E-state index in [1.165, 1.54) is 42.4 Å². The highest BCUT2D eigenvalue weighted by atomic mass is 16.5. The first kappa shape index (κ1) is 25.8. The number of hydrogen-bond donors (Lipinski definition) is 1. The van der Waals surface area contributed by atoms with Crippen molar-refractivity contribution in [3.63, 3.8) is 0 Å². The molecule has 3 rings (SSSR count). The molecule has 2 aromatic rings. The molecule has 1 amide bonds. The van der Waals surface area contributed by atoms with Crippen molar-refractivity contribution in [3.8, 4) is 11.5 Å². The number of unbranched alkanes of at least 4 members (excludes halogenated alkanes) is 6. The van der Waals surface area contributed by atoms with Crippen LogP contribution < -0.4 is 14.8 Å². The normalized spacial score (nSPS) is 15.4. The average molecular weight is 465 g/mol. The summed E-state index contributed by atoms with van der Waals surface area (Å²) in [6.45, 7) is 4.73. The van der Waals surface area contributed by atoms with Crippen molar-refractivity contribution >= 4 is 11.6 Å². The van der Waals surface area contributed by atoms with Crippen LogP contribution in [0.25, 0.3) is 0 Å². The van der Waals surface area contributed by atoms with Gasteiger partial charge in [-0.05, 0) is 73.7 Å². The fourth-order valence-corrected chi connectivity index (χ4v) is 4.76. The fraction of sp³-hybridized carbons (Fsp3) is 0.483. The van der Waals surface area contributed by atoms with Crippen LogP contribution in [-0.2, 0) is 11.2 Å². The van der Waals surface area contributed by atoms with Crippen LogP contribution in [0.4, 0.5) is 5.69 Å². The molecule has 34 heavy (non-hydrogen) atoms. The van der Waals surface area contributed by atoms with Crippen molar-refractivity contribution in [1.29, 1.82) is 0 Å². The van der Waals surface area contributed by atoms with E-state index in [2.05, 4.69) is 48.1 Å². The smallest absolute Gasteiger partial charge is 0.224 e. The summed E-state index contributed by atoms with van der Waals surface area (Å²) in [5, 5.41) is 3.05. The van der Waals surface area contributed by atoms with Gasteiger partial charge < -0.3 is 14.8 Å². The number of methoxy groups -OCH3 is 2. The molecule has 2 aromatic carbocycles. The molecule has 1 N–H and O–H groups in total. The molecule has 0 saturated heterocycles. The SMILES string of the molecule is C=CCCCCCCCCC(=O)Nc1ccc(C2c3cc(OC)c(OC)cc3CCN2C)cc1. The third-order valence-corrected chi connectivity index (χ3v) is 6.69. The van der Waals surface area contributed by atoms with Gasteiger partial charge in [0, 0.05) is 18.7 Å². The maximum Gasteiger partial charge on any atom is 0.224 e. The number of amides is 1. The van der Waals surface area contributed by atoms with Gasteiger partial charge in [0.1, 0.15) is 0 Å². The first-order valence-electron chi connectivity index (χ1n) is 12.5. The number of fused-ring (bicyclic) bond motifs is 1. The predicted molar refractivity (Wildman–Crippen MR) is 140 cm³/mol. The van der Waals surface area contributed by atoms with Crippen LogP contribution in [-0.4, -0.2) is 38.6 Å². The van der Waals surface area contributed by atoms with Crippen LogP contribution in [0, 0.1) is 0 Å². The summed E-state index contributed by atoms with van der Waals surface area (Å²) in [5.74, 6) is 1.62. The average Bonchev–Trinajstić information content (AvgIpc) is 2.85. The Labute approximate surface area is 205 Å². The third-order valence-electron chi connectivity index (χ3n) is 6.69. The van der Waals surface area contributed by atoms with Gasteiger partial charge in [0.05, 0.1) is 20.3 Å². The Balaban J connectivity index is 1.56. The van der Waals surface area contributed by atoms with Gasteiger partial charge in [0.2, 0.25) is 5.91 Å². The van der Waals surface area contributed by atoms with Crippen molar-refractivity contribution in [2.24, 2.45) is 0 Å². The summed E-state index contributed by atoms with van der Waals surface area (Å²) in [5.41, 5.74) is 4.58. The standard InChI is InChI=1S/C29H40N2O3/c1-5-6-7-8-9-10-11-12-13-28(32)30-24-16-14-22(15-17-24)29-25-21-27(34-4)26(33-3)20-23(25)18-19-31(29)2/h5,14-17,20-21,29H,1,6-13,18-19H2,2-4H3,(H,30,32). The summed E-state index contributed by atoms with van der Waals surface area (Å²) in [7, 11) is 5.50. The van der Waals surface area contributed by atoms with E-state index < -0.39 is 0 Å². The van der Waals surface area contributed by atoms with E-state index in [1.807, 2.05) is 18.2 Å². The highest BCUT2D eigenvalue weighted by Gasteiger charge is 2.28. The molecule has 0 spiro atoms. The zero-order chi connectivity index (χ0) is 24.3. The Morgan fingerprint density at radius 3 is 2.35 bits per heavy atom. The first-order chi connectivity index (χ1) is 16.6. The maximum absolute atomic E-state index is 12.4. The van der Waals surface area contributed by atoms with Crippen LogP contribution in [0.5, 0.6) is 11.5 Å². The van der Waals surface area contributed by atoms with Crippen molar-refractivity contribution in [1.82, 2.24) is 4.90 Å². The third kappa shape index (κ3) is 6.86. The predicted octanol–water partition coefficient (Wildman–Crippen LogP) is 6.53. The van der Waals surface area contributed by atoms with Crippen molar-refractivity contribution < 1.29 is 14.3 Å². The Hall–Kier alpha value is -2.79. The molecule has 0 aliphatic carbocycles. The second kappa shape index (κ2) is 13.2. The first-order valence-corrected chi connectivity index (χ1v) is 12.5. The molecular weight excluding hydrogens is 424 g/mol. The van der Waals surface area contributed by atoms with E-state index in [0.29, 0.717) is 6.42 Å². The fourth-order valence-electron chi connectivity index (χ4n) is 4.76. The van der Waals surface area contributed by atoms with Crippen molar-refractivity contribution in [3.05, 3.63) is 65.7 Å². The van der Waals surface area contributed by atoms with Gasteiger partial charge in [0.25, 0.3) is 0 Å². The number of benzene rings is 2. The molecule has 184 valence electrons. The molecule has 0 fully saturated rings. The molecule has 5 nitrogen and oxygen atoms in total. The molecule has 0 aromatic heterocycles. The quantitative estimate of drug-likeness (QED) is 0.271. The van der Waals surface area contributed by atoms with Gasteiger partial charge >= 0.3 is 0 Å². The number of ether oxygens (including phenoxy) is 2. The van der Waals surface area contributed by atoms with Crippen LogP contribution in [0.1, 0.15) is 74.1 Å². The van der Waals surface area contributed by atoms with Crippen LogP contribution in [0.15, 0.2) is 49.1 Å². The lowest BCUT2D eigenvalue weighted by Crippen LogP contribution is -2.32. The Morgan fingerprint density at radius 2 is 1.68 bits per heavy atom. The zero-order valence-corrected chi connectivity index (χ0v) is 21.1. The maximum atomic E-state index is 12.4. The van der Waals surface area contributed by atoms with Crippen LogP contribution in [0.2, 0.25) is 0 Å². The number of nitrogens with one attached hydrogen (secondary N) is 1. The second-order valence-corrected chi connectivity index (χ2v) is 9.16. The molecular formula is C29H40N2O3. The molecule has 0 saturated carbocycles. The van der Waals surface area contributed by atoms with E-state index in [0.717, 1.165) is 49.4 Å². The molecule has 0 radical (unpaired) electrons. The molecule has 1 aliphatic rings. The number of anilines is 1. The minimum Gasteiger partial charge on any atom is -0.493 e. The largest absolute Gasteiger partial charge is 0.493 e.